The molecule has 3 aromatic rings. The van der Waals surface area contributed by atoms with Crippen LogP contribution in [-0.2, 0) is 4.79 Å². The second-order valence-corrected chi connectivity index (χ2v) is 5.87. The van der Waals surface area contributed by atoms with Crippen LogP contribution >= 0.6 is 0 Å². The number of aromatic nitrogens is 4. The van der Waals surface area contributed by atoms with Gasteiger partial charge in [-0.05, 0) is 26.0 Å². The molecule has 1 unspecified atom stereocenters. The lowest BCUT2D eigenvalue weighted by Gasteiger charge is -2.22. The third kappa shape index (κ3) is 2.23. The molecule has 6 nitrogen and oxygen atoms in total. The number of carbonyl (C=O) groups is 1. The molecule has 1 aliphatic heterocycles. The number of amides is 1. The number of fused-ring (bicyclic) bond motifs is 1. The SMILES string of the molecule is Cc1ccc(-n2nc(C)c3c2NC(=O)CC3c2ncc[nH]2)cc1. The van der Waals surface area contributed by atoms with Gasteiger partial charge in [-0.15, -0.1) is 0 Å². The van der Waals surface area contributed by atoms with Crippen LogP contribution in [0.25, 0.3) is 5.69 Å². The number of aryl methyl sites for hydroxylation is 2. The largest absolute Gasteiger partial charge is 0.348 e. The highest BCUT2D eigenvalue weighted by atomic mass is 16.1. The van der Waals surface area contributed by atoms with Gasteiger partial charge in [0.15, 0.2) is 0 Å². The molecule has 1 amide bonds. The molecule has 3 heterocycles. The van der Waals surface area contributed by atoms with Crippen LogP contribution in [0.3, 0.4) is 0 Å². The second kappa shape index (κ2) is 5.08. The third-order valence-corrected chi connectivity index (χ3v) is 4.23. The van der Waals surface area contributed by atoms with E-state index in [4.69, 9.17) is 0 Å². The summed E-state index contributed by atoms with van der Waals surface area (Å²) < 4.78 is 1.80. The summed E-state index contributed by atoms with van der Waals surface area (Å²) in [7, 11) is 0. The Morgan fingerprint density at radius 1 is 1.22 bits per heavy atom. The number of hydrogen-bond acceptors (Lipinski definition) is 3. The monoisotopic (exact) mass is 307 g/mol. The summed E-state index contributed by atoms with van der Waals surface area (Å²) in [5, 5.41) is 7.62. The average molecular weight is 307 g/mol. The predicted molar refractivity (Wildman–Crippen MR) is 86.7 cm³/mol. The lowest BCUT2D eigenvalue weighted by atomic mass is 9.91. The van der Waals surface area contributed by atoms with Gasteiger partial charge in [0.2, 0.25) is 5.91 Å². The Morgan fingerprint density at radius 3 is 2.70 bits per heavy atom. The molecule has 0 saturated heterocycles. The van der Waals surface area contributed by atoms with Gasteiger partial charge < -0.3 is 10.3 Å². The van der Waals surface area contributed by atoms with Crippen molar-refractivity contribution in [1.29, 1.82) is 0 Å². The van der Waals surface area contributed by atoms with Crippen molar-refractivity contribution < 1.29 is 4.79 Å². The molecule has 0 bridgehead atoms. The van der Waals surface area contributed by atoms with Gasteiger partial charge in [-0.3, -0.25) is 4.79 Å². The lowest BCUT2D eigenvalue weighted by Crippen LogP contribution is -2.25. The van der Waals surface area contributed by atoms with Crippen LogP contribution in [0.1, 0.15) is 35.0 Å². The summed E-state index contributed by atoms with van der Waals surface area (Å²) in [5.41, 5.74) is 4.05. The van der Waals surface area contributed by atoms with Gasteiger partial charge in [-0.1, -0.05) is 17.7 Å². The molecular weight excluding hydrogens is 290 g/mol. The van der Waals surface area contributed by atoms with Crippen molar-refractivity contribution in [3.63, 3.8) is 0 Å². The smallest absolute Gasteiger partial charge is 0.226 e. The maximum Gasteiger partial charge on any atom is 0.226 e. The Hall–Kier alpha value is -2.89. The molecule has 2 N–H and O–H groups in total. The first-order valence-electron chi connectivity index (χ1n) is 7.59. The number of carbonyl (C=O) groups excluding carboxylic acids is 1. The van der Waals surface area contributed by atoms with Crippen molar-refractivity contribution in [3.05, 3.63) is 59.3 Å². The van der Waals surface area contributed by atoms with Crippen LogP contribution in [0, 0.1) is 13.8 Å². The Kier molecular flexibility index (Phi) is 3.04. The number of hydrogen-bond donors (Lipinski definition) is 2. The van der Waals surface area contributed by atoms with Gasteiger partial charge in [-0.2, -0.15) is 5.10 Å². The lowest BCUT2D eigenvalue weighted by molar-refractivity contribution is -0.116. The van der Waals surface area contributed by atoms with E-state index in [1.165, 1.54) is 5.56 Å². The highest BCUT2D eigenvalue weighted by Gasteiger charge is 2.33. The zero-order valence-electron chi connectivity index (χ0n) is 13.0. The van der Waals surface area contributed by atoms with E-state index in [9.17, 15) is 4.79 Å². The molecule has 0 radical (unpaired) electrons. The quantitative estimate of drug-likeness (QED) is 0.764. The van der Waals surface area contributed by atoms with Crippen LogP contribution < -0.4 is 5.32 Å². The van der Waals surface area contributed by atoms with Gasteiger partial charge in [0.05, 0.1) is 17.3 Å². The molecule has 0 fully saturated rings. The van der Waals surface area contributed by atoms with E-state index in [-0.39, 0.29) is 11.8 Å². The van der Waals surface area contributed by atoms with Crippen LogP contribution in [0.5, 0.6) is 0 Å². The van der Waals surface area contributed by atoms with E-state index in [2.05, 4.69) is 20.4 Å². The number of H-pyrrole nitrogens is 1. The number of rotatable bonds is 2. The maximum atomic E-state index is 12.2. The van der Waals surface area contributed by atoms with Crippen LogP contribution in [0.2, 0.25) is 0 Å². The molecule has 2 aromatic heterocycles. The molecule has 1 aliphatic rings. The fourth-order valence-corrected chi connectivity index (χ4v) is 3.12. The van der Waals surface area contributed by atoms with Crippen molar-refractivity contribution in [1.82, 2.24) is 19.7 Å². The molecular formula is C17H17N5O. The summed E-state index contributed by atoms with van der Waals surface area (Å²) in [6.07, 6.45) is 3.86. The Labute approximate surface area is 133 Å². The molecule has 0 aliphatic carbocycles. The second-order valence-electron chi connectivity index (χ2n) is 5.87. The van der Waals surface area contributed by atoms with E-state index in [1.54, 1.807) is 17.1 Å². The zero-order valence-corrected chi connectivity index (χ0v) is 13.0. The number of imidazole rings is 1. The van der Waals surface area contributed by atoms with Crippen molar-refractivity contribution in [3.8, 4) is 5.69 Å². The molecule has 0 spiro atoms. The molecule has 0 saturated carbocycles. The zero-order chi connectivity index (χ0) is 16.0. The predicted octanol–water partition coefficient (Wildman–Crippen LogP) is 2.69. The standard InChI is InChI=1S/C17H17N5O/c1-10-3-5-12(6-4-10)22-17-15(11(2)21-22)13(9-14(23)20-17)16-18-7-8-19-16/h3-8,13H,9H2,1-2H3,(H,18,19)(H,20,23). The Morgan fingerprint density at radius 2 is 2.00 bits per heavy atom. The highest BCUT2D eigenvalue weighted by Crippen LogP contribution is 2.38. The van der Waals surface area contributed by atoms with Crippen LogP contribution in [0.4, 0.5) is 5.82 Å². The highest BCUT2D eigenvalue weighted by molar-refractivity contribution is 5.94. The van der Waals surface area contributed by atoms with E-state index in [0.717, 1.165) is 28.6 Å². The Bertz CT molecular complexity index is 861. The minimum absolute atomic E-state index is 0.0211. The van der Waals surface area contributed by atoms with Gasteiger partial charge in [0.1, 0.15) is 11.6 Å². The van der Waals surface area contributed by atoms with E-state index in [0.29, 0.717) is 6.42 Å². The van der Waals surface area contributed by atoms with Crippen molar-refractivity contribution in [2.45, 2.75) is 26.2 Å². The Balaban J connectivity index is 1.88. The van der Waals surface area contributed by atoms with E-state index >= 15 is 0 Å². The van der Waals surface area contributed by atoms with Crippen molar-refractivity contribution in [2.24, 2.45) is 0 Å². The van der Waals surface area contributed by atoms with E-state index in [1.807, 2.05) is 38.1 Å². The normalized spacial score (nSPS) is 17.0. The first kappa shape index (κ1) is 13.8. The molecule has 1 atom stereocenters. The van der Waals surface area contributed by atoms with Crippen molar-refractivity contribution >= 4 is 11.7 Å². The van der Waals surface area contributed by atoms with Gasteiger partial charge in [-0.25, -0.2) is 9.67 Å². The first-order chi connectivity index (χ1) is 11.1. The van der Waals surface area contributed by atoms with Crippen molar-refractivity contribution in [2.75, 3.05) is 5.32 Å². The molecule has 23 heavy (non-hydrogen) atoms. The summed E-state index contributed by atoms with van der Waals surface area (Å²) in [6.45, 7) is 4.01. The molecule has 4 rings (SSSR count). The third-order valence-electron chi connectivity index (χ3n) is 4.23. The van der Waals surface area contributed by atoms with Gasteiger partial charge in [0.25, 0.3) is 0 Å². The average Bonchev–Trinajstić information content (AvgIpc) is 3.16. The van der Waals surface area contributed by atoms with Crippen LogP contribution in [0.15, 0.2) is 36.7 Å². The number of benzene rings is 1. The maximum absolute atomic E-state index is 12.2. The number of nitrogens with one attached hydrogen (secondary N) is 2. The number of nitrogens with zero attached hydrogens (tertiary/aromatic N) is 3. The summed E-state index contributed by atoms with van der Waals surface area (Å²) in [5.74, 6) is 1.43. The minimum Gasteiger partial charge on any atom is -0.348 e. The molecule has 6 heteroatoms. The topological polar surface area (TPSA) is 75.6 Å². The summed E-state index contributed by atoms with van der Waals surface area (Å²) in [4.78, 5) is 19.6. The van der Waals surface area contributed by atoms with E-state index < -0.39 is 0 Å². The number of anilines is 1. The summed E-state index contributed by atoms with van der Waals surface area (Å²) >= 11 is 0. The van der Waals surface area contributed by atoms with Crippen LogP contribution in [-0.4, -0.2) is 25.7 Å². The molecule has 1 aromatic carbocycles. The first-order valence-corrected chi connectivity index (χ1v) is 7.59. The minimum atomic E-state index is -0.0899. The fourth-order valence-electron chi connectivity index (χ4n) is 3.12. The fraction of sp³-hybridized carbons (Fsp3) is 0.235. The molecule has 116 valence electrons. The van der Waals surface area contributed by atoms with Gasteiger partial charge in [0, 0.05) is 24.4 Å². The summed E-state index contributed by atoms with van der Waals surface area (Å²) in [6, 6.07) is 8.08. The number of aromatic amines is 1. The van der Waals surface area contributed by atoms with Gasteiger partial charge >= 0.3 is 0 Å².